The van der Waals surface area contributed by atoms with Crippen molar-refractivity contribution in [2.75, 3.05) is 0 Å². The van der Waals surface area contributed by atoms with Crippen LogP contribution < -0.4 is 4.74 Å². The summed E-state index contributed by atoms with van der Waals surface area (Å²) in [6, 6.07) is 8.12. The van der Waals surface area contributed by atoms with Crippen LogP contribution >= 0.6 is 24.0 Å². The van der Waals surface area contributed by atoms with E-state index < -0.39 is 31.6 Å². The number of carbonyl (C=O) groups excluding carboxylic acids is 1. The fraction of sp³-hybridized carbons (Fsp3) is 0.522. The molecule has 2 rings (SSSR count). The summed E-state index contributed by atoms with van der Waals surface area (Å²) in [4.78, 5) is 26.4. The highest BCUT2D eigenvalue weighted by Gasteiger charge is 2.56. The molecule has 1 aliphatic rings. The van der Waals surface area contributed by atoms with Crippen molar-refractivity contribution in [2.45, 2.75) is 69.8 Å². The standard InChI is InChI=1S/C23H33NO5S2Si/c1-8-12-17(21(26)27)24-19(25)18(15(2)29-32(6,7)23(3,4)5)20(24)31-22(30)28-16-13-10-9-11-14-16/h8-11,13-15,17-18,20H,1,12H2,2-7H3,(H,26,27). The van der Waals surface area contributed by atoms with Crippen LogP contribution in [0.1, 0.15) is 34.1 Å². The summed E-state index contributed by atoms with van der Waals surface area (Å²) in [6.07, 6.45) is 1.28. The second kappa shape index (κ2) is 10.5. The zero-order valence-corrected chi connectivity index (χ0v) is 22.2. The van der Waals surface area contributed by atoms with Gasteiger partial charge in [-0.2, -0.15) is 0 Å². The summed E-state index contributed by atoms with van der Waals surface area (Å²) in [5, 5.41) is 9.20. The number of rotatable bonds is 9. The Kier molecular flexibility index (Phi) is 8.72. The molecule has 1 fully saturated rings. The molecular weight excluding hydrogens is 462 g/mol. The molecule has 0 spiro atoms. The number of carboxylic acid groups (broad SMARTS) is 1. The maximum atomic E-state index is 13.2. The zero-order valence-electron chi connectivity index (χ0n) is 19.5. The lowest BCUT2D eigenvalue weighted by Crippen LogP contribution is -2.68. The first-order chi connectivity index (χ1) is 14.8. The third kappa shape index (κ3) is 6.01. The van der Waals surface area contributed by atoms with E-state index in [1.807, 2.05) is 25.1 Å². The number of benzene rings is 1. The minimum atomic E-state index is -2.14. The smallest absolute Gasteiger partial charge is 0.326 e. The number of nitrogens with zero attached hydrogens (tertiary/aromatic N) is 1. The average molecular weight is 496 g/mol. The van der Waals surface area contributed by atoms with Gasteiger partial charge >= 0.3 is 5.97 Å². The van der Waals surface area contributed by atoms with Gasteiger partial charge < -0.3 is 19.2 Å². The minimum Gasteiger partial charge on any atom is -0.480 e. The number of carbonyl (C=O) groups is 2. The number of ether oxygens (including phenoxy) is 1. The van der Waals surface area contributed by atoms with Crippen molar-refractivity contribution in [1.29, 1.82) is 0 Å². The number of hydrogen-bond acceptors (Lipinski definition) is 6. The van der Waals surface area contributed by atoms with E-state index in [9.17, 15) is 14.7 Å². The molecule has 0 saturated carbocycles. The largest absolute Gasteiger partial charge is 0.480 e. The highest BCUT2D eigenvalue weighted by atomic mass is 32.2. The summed E-state index contributed by atoms with van der Waals surface area (Å²) >= 11 is 6.62. The molecule has 1 heterocycles. The molecule has 4 unspecified atom stereocenters. The van der Waals surface area contributed by atoms with Gasteiger partial charge in [0.15, 0.2) is 8.32 Å². The van der Waals surface area contributed by atoms with Crippen molar-refractivity contribution in [3.63, 3.8) is 0 Å². The van der Waals surface area contributed by atoms with Crippen molar-refractivity contribution in [3.8, 4) is 5.75 Å². The van der Waals surface area contributed by atoms with Gasteiger partial charge in [0.2, 0.25) is 10.3 Å². The fourth-order valence-corrected chi connectivity index (χ4v) is 6.33. The van der Waals surface area contributed by atoms with E-state index in [0.29, 0.717) is 5.75 Å². The molecular formula is C23H33NO5S2Si. The third-order valence-corrected chi connectivity index (χ3v) is 12.1. The molecule has 0 aliphatic carbocycles. The highest BCUT2D eigenvalue weighted by Crippen LogP contribution is 2.44. The van der Waals surface area contributed by atoms with E-state index in [4.69, 9.17) is 21.4 Å². The lowest BCUT2D eigenvalue weighted by atomic mass is 9.90. The van der Waals surface area contributed by atoms with Gasteiger partial charge in [-0.15, -0.1) is 6.58 Å². The number of amides is 1. The minimum absolute atomic E-state index is 0.0193. The molecule has 0 aromatic heterocycles. The summed E-state index contributed by atoms with van der Waals surface area (Å²) < 4.78 is 12.5. The predicted molar refractivity (Wildman–Crippen MR) is 135 cm³/mol. The van der Waals surface area contributed by atoms with E-state index in [0.717, 1.165) is 0 Å². The van der Waals surface area contributed by atoms with Gasteiger partial charge in [-0.1, -0.05) is 56.8 Å². The maximum Gasteiger partial charge on any atom is 0.326 e. The Labute approximate surface area is 201 Å². The van der Waals surface area contributed by atoms with Crippen LogP contribution in [0.4, 0.5) is 0 Å². The van der Waals surface area contributed by atoms with Gasteiger partial charge in [0.05, 0.1) is 12.0 Å². The van der Waals surface area contributed by atoms with Crippen LogP contribution in [0.25, 0.3) is 0 Å². The van der Waals surface area contributed by atoms with Crippen LogP contribution in [0.5, 0.6) is 5.75 Å². The molecule has 1 aromatic rings. The van der Waals surface area contributed by atoms with E-state index in [1.165, 1.54) is 22.7 Å². The van der Waals surface area contributed by atoms with Crippen molar-refractivity contribution < 1.29 is 23.9 Å². The topological polar surface area (TPSA) is 76.1 Å². The summed E-state index contributed by atoms with van der Waals surface area (Å²) in [5.41, 5.74) is 0. The quantitative estimate of drug-likeness (QED) is 0.215. The van der Waals surface area contributed by atoms with E-state index in [1.54, 1.807) is 12.1 Å². The molecule has 1 amide bonds. The lowest BCUT2D eigenvalue weighted by Gasteiger charge is -2.52. The predicted octanol–water partition coefficient (Wildman–Crippen LogP) is 5.31. The van der Waals surface area contributed by atoms with Crippen molar-refractivity contribution in [3.05, 3.63) is 43.0 Å². The SMILES string of the molecule is C=CCC(C(=O)O)N1C(=O)C(C(C)O[Si](C)(C)C(C)(C)C)C1SC(=S)Oc1ccccc1. The maximum absolute atomic E-state index is 13.2. The van der Waals surface area contributed by atoms with Gasteiger partial charge in [-0.25, -0.2) is 4.79 Å². The van der Waals surface area contributed by atoms with Crippen molar-refractivity contribution >= 4 is 48.6 Å². The number of carboxylic acids is 1. The highest BCUT2D eigenvalue weighted by molar-refractivity contribution is 8.23. The summed E-state index contributed by atoms with van der Waals surface area (Å²) in [7, 11) is -2.14. The number of thiocarbonyl (C=S) groups is 1. The van der Waals surface area contributed by atoms with E-state index in [2.05, 4.69) is 40.4 Å². The van der Waals surface area contributed by atoms with Crippen LogP contribution in [0.15, 0.2) is 43.0 Å². The lowest BCUT2D eigenvalue weighted by molar-refractivity contribution is -0.168. The van der Waals surface area contributed by atoms with E-state index >= 15 is 0 Å². The Morgan fingerprint density at radius 1 is 1.34 bits per heavy atom. The molecule has 176 valence electrons. The van der Waals surface area contributed by atoms with E-state index in [-0.39, 0.29) is 27.9 Å². The number of hydrogen-bond donors (Lipinski definition) is 1. The number of likely N-dealkylation sites (tertiary alicyclic amines) is 1. The first-order valence-electron chi connectivity index (χ1n) is 10.6. The average Bonchev–Trinajstić information content (AvgIpc) is 2.66. The molecule has 32 heavy (non-hydrogen) atoms. The Hall–Kier alpha value is -1.68. The number of β-lactam (4-membered cyclic amide) rings is 1. The molecule has 1 saturated heterocycles. The fourth-order valence-electron chi connectivity index (χ4n) is 3.32. The van der Waals surface area contributed by atoms with Gasteiger partial charge in [0.25, 0.3) is 0 Å². The summed E-state index contributed by atoms with van der Waals surface area (Å²) in [5.74, 6) is -1.25. The van der Waals surface area contributed by atoms with Crippen molar-refractivity contribution in [2.24, 2.45) is 5.92 Å². The first-order valence-corrected chi connectivity index (χ1v) is 14.8. The van der Waals surface area contributed by atoms with Crippen LogP contribution in [0.3, 0.4) is 0 Å². The molecule has 0 radical (unpaired) electrons. The number of para-hydroxylation sites is 1. The zero-order chi connectivity index (χ0) is 24.3. The van der Waals surface area contributed by atoms with Gasteiger partial charge in [-0.3, -0.25) is 4.79 Å². The summed E-state index contributed by atoms with van der Waals surface area (Å²) in [6.45, 7) is 16.2. The van der Waals surface area contributed by atoms with Crippen LogP contribution in [-0.4, -0.2) is 52.1 Å². The Morgan fingerprint density at radius 2 is 1.94 bits per heavy atom. The second-order valence-corrected chi connectivity index (χ2v) is 15.9. The Balaban J connectivity index is 2.27. The second-order valence-electron chi connectivity index (χ2n) is 9.41. The molecule has 1 aliphatic heterocycles. The van der Waals surface area contributed by atoms with Crippen LogP contribution in [-0.2, 0) is 14.0 Å². The number of thioether (sulfide) groups is 1. The van der Waals surface area contributed by atoms with Gasteiger partial charge in [-0.05, 0) is 55.8 Å². The third-order valence-electron chi connectivity index (χ3n) is 6.09. The first kappa shape index (κ1) is 26.6. The number of aliphatic carboxylic acids is 1. The van der Waals surface area contributed by atoms with Crippen molar-refractivity contribution in [1.82, 2.24) is 4.90 Å². The normalized spacial score (nSPS) is 20.8. The van der Waals surface area contributed by atoms with Crippen LogP contribution in [0, 0.1) is 5.92 Å². The molecule has 0 bridgehead atoms. The van der Waals surface area contributed by atoms with Gasteiger partial charge in [0, 0.05) is 0 Å². The van der Waals surface area contributed by atoms with Crippen LogP contribution in [0.2, 0.25) is 18.1 Å². The van der Waals surface area contributed by atoms with Gasteiger partial charge in [0.1, 0.15) is 17.2 Å². The molecule has 6 nitrogen and oxygen atoms in total. The molecule has 9 heteroatoms. The monoisotopic (exact) mass is 495 g/mol. The Morgan fingerprint density at radius 3 is 2.44 bits per heavy atom. The molecule has 4 atom stereocenters. The Bertz CT molecular complexity index is 856. The molecule has 1 aromatic carbocycles. The molecule has 1 N–H and O–H groups in total.